The van der Waals surface area contributed by atoms with Crippen molar-refractivity contribution in [1.29, 1.82) is 0 Å². The quantitative estimate of drug-likeness (QED) is 0.629. The van der Waals surface area contributed by atoms with Crippen LogP contribution in [0.15, 0.2) is 29.4 Å². The van der Waals surface area contributed by atoms with Gasteiger partial charge in [0.05, 0.1) is 19.9 Å². The first-order valence-corrected chi connectivity index (χ1v) is 7.58. The van der Waals surface area contributed by atoms with Crippen LogP contribution < -0.4 is 14.9 Å². The highest BCUT2D eigenvalue weighted by molar-refractivity contribution is 6.00. The Hall–Kier alpha value is -2.83. The van der Waals surface area contributed by atoms with Crippen molar-refractivity contribution >= 4 is 11.6 Å². The molecule has 2 aromatic rings. The fraction of sp³-hybridized carbons (Fsp3) is 0.353. The van der Waals surface area contributed by atoms with Gasteiger partial charge in [0.1, 0.15) is 0 Å². The first-order valence-electron chi connectivity index (χ1n) is 7.58. The number of benzene rings is 1. The zero-order valence-corrected chi connectivity index (χ0v) is 14.5. The Balaban J connectivity index is 2.11. The van der Waals surface area contributed by atoms with Gasteiger partial charge < -0.3 is 9.47 Å². The average molecular weight is 330 g/mol. The maximum absolute atomic E-state index is 12.1. The Morgan fingerprint density at radius 1 is 1.21 bits per heavy atom. The first kappa shape index (κ1) is 17.5. The fourth-order valence-electron chi connectivity index (χ4n) is 2.07. The summed E-state index contributed by atoms with van der Waals surface area (Å²) in [6, 6.07) is 7.16. The molecule has 0 spiro atoms. The molecule has 128 valence electrons. The molecule has 0 atom stereocenters. The Morgan fingerprint density at radius 2 is 1.92 bits per heavy atom. The van der Waals surface area contributed by atoms with Crippen LogP contribution in [-0.2, 0) is 0 Å². The molecule has 0 saturated heterocycles. The number of carbonyl (C=O) groups is 1. The molecule has 1 heterocycles. The molecular weight excluding hydrogens is 308 g/mol. The molecule has 0 unspecified atom stereocenters. The summed E-state index contributed by atoms with van der Waals surface area (Å²) in [5.74, 6) is 1.15. The van der Waals surface area contributed by atoms with Gasteiger partial charge in [-0.2, -0.15) is 10.2 Å². The molecule has 0 radical (unpaired) electrons. The molecule has 1 aromatic heterocycles. The van der Waals surface area contributed by atoms with Gasteiger partial charge in [-0.05, 0) is 37.1 Å². The smallest absolute Gasteiger partial charge is 0.291 e. The summed E-state index contributed by atoms with van der Waals surface area (Å²) >= 11 is 0. The summed E-state index contributed by atoms with van der Waals surface area (Å²) in [5, 5.41) is 11.0. The van der Waals surface area contributed by atoms with Crippen LogP contribution in [0.5, 0.6) is 11.5 Å². The summed E-state index contributed by atoms with van der Waals surface area (Å²) < 4.78 is 10.5. The van der Waals surface area contributed by atoms with E-state index in [1.165, 1.54) is 0 Å². The molecule has 0 saturated carbocycles. The van der Waals surface area contributed by atoms with Gasteiger partial charge in [0.2, 0.25) is 0 Å². The third-order valence-corrected chi connectivity index (χ3v) is 3.58. The lowest BCUT2D eigenvalue weighted by Crippen LogP contribution is -2.19. The highest BCUT2D eigenvalue weighted by Crippen LogP contribution is 2.27. The Kier molecular flexibility index (Phi) is 5.57. The molecule has 1 amide bonds. The van der Waals surface area contributed by atoms with E-state index in [9.17, 15) is 4.79 Å². The molecule has 2 N–H and O–H groups in total. The highest BCUT2D eigenvalue weighted by Gasteiger charge is 2.12. The standard InChI is InChI=1S/C17H22N4O3/c1-10(2)13-9-14(20-19-13)17(22)21-18-11(3)12-6-7-15(23-4)16(8-12)24-5/h6-10H,1-5H3,(H,19,20)(H,21,22)/b18-11+. The number of nitrogens with one attached hydrogen (secondary N) is 2. The minimum Gasteiger partial charge on any atom is -0.493 e. The lowest BCUT2D eigenvalue weighted by molar-refractivity contribution is 0.0950. The number of aromatic amines is 1. The van der Waals surface area contributed by atoms with Crippen LogP contribution in [0.2, 0.25) is 0 Å². The molecule has 24 heavy (non-hydrogen) atoms. The fourth-order valence-corrected chi connectivity index (χ4v) is 2.07. The third kappa shape index (κ3) is 3.92. The van der Waals surface area contributed by atoms with Gasteiger partial charge in [0, 0.05) is 11.3 Å². The third-order valence-electron chi connectivity index (χ3n) is 3.58. The van der Waals surface area contributed by atoms with E-state index in [1.807, 2.05) is 19.9 Å². The number of rotatable bonds is 6. The summed E-state index contributed by atoms with van der Waals surface area (Å²) in [7, 11) is 3.15. The zero-order valence-electron chi connectivity index (χ0n) is 14.5. The molecular formula is C17H22N4O3. The molecule has 0 bridgehead atoms. The van der Waals surface area contributed by atoms with Crippen molar-refractivity contribution in [2.24, 2.45) is 5.10 Å². The van der Waals surface area contributed by atoms with Gasteiger partial charge in [0.15, 0.2) is 17.2 Å². The highest BCUT2D eigenvalue weighted by atomic mass is 16.5. The number of methoxy groups -OCH3 is 2. The van der Waals surface area contributed by atoms with Crippen molar-refractivity contribution in [2.45, 2.75) is 26.7 Å². The lowest BCUT2D eigenvalue weighted by atomic mass is 10.1. The van der Waals surface area contributed by atoms with Crippen LogP contribution in [-0.4, -0.2) is 36.0 Å². The van der Waals surface area contributed by atoms with E-state index in [1.54, 1.807) is 39.3 Å². The summed E-state index contributed by atoms with van der Waals surface area (Å²) in [6.07, 6.45) is 0. The minimum atomic E-state index is -0.363. The monoisotopic (exact) mass is 330 g/mol. The van der Waals surface area contributed by atoms with E-state index >= 15 is 0 Å². The molecule has 7 heteroatoms. The number of hydrogen-bond donors (Lipinski definition) is 2. The van der Waals surface area contributed by atoms with Crippen LogP contribution in [0, 0.1) is 0 Å². The van der Waals surface area contributed by atoms with Crippen LogP contribution in [0.1, 0.15) is 48.4 Å². The van der Waals surface area contributed by atoms with E-state index in [-0.39, 0.29) is 11.8 Å². The van der Waals surface area contributed by atoms with Crippen LogP contribution in [0.25, 0.3) is 0 Å². The Labute approximate surface area is 141 Å². The van der Waals surface area contributed by atoms with Crippen molar-refractivity contribution < 1.29 is 14.3 Å². The van der Waals surface area contributed by atoms with Crippen molar-refractivity contribution in [1.82, 2.24) is 15.6 Å². The second kappa shape index (κ2) is 7.63. The maximum atomic E-state index is 12.1. The van der Waals surface area contributed by atoms with Crippen molar-refractivity contribution in [2.75, 3.05) is 14.2 Å². The summed E-state index contributed by atoms with van der Waals surface area (Å²) in [4.78, 5) is 12.1. The second-order valence-electron chi connectivity index (χ2n) is 5.57. The Bertz CT molecular complexity index is 750. The van der Waals surface area contributed by atoms with E-state index < -0.39 is 0 Å². The maximum Gasteiger partial charge on any atom is 0.291 e. The topological polar surface area (TPSA) is 88.6 Å². The van der Waals surface area contributed by atoms with Gasteiger partial charge in [-0.25, -0.2) is 5.43 Å². The number of aromatic nitrogens is 2. The molecule has 0 aliphatic heterocycles. The molecule has 0 aliphatic rings. The number of nitrogens with zero attached hydrogens (tertiary/aromatic N) is 2. The largest absolute Gasteiger partial charge is 0.493 e. The van der Waals surface area contributed by atoms with Gasteiger partial charge in [0.25, 0.3) is 5.91 Å². The number of H-pyrrole nitrogens is 1. The predicted molar refractivity (Wildman–Crippen MR) is 91.9 cm³/mol. The van der Waals surface area contributed by atoms with Crippen LogP contribution >= 0.6 is 0 Å². The summed E-state index contributed by atoms with van der Waals surface area (Å²) in [6.45, 7) is 5.84. The molecule has 1 aromatic carbocycles. The van der Waals surface area contributed by atoms with Gasteiger partial charge in [-0.15, -0.1) is 0 Å². The van der Waals surface area contributed by atoms with Crippen molar-refractivity contribution in [3.8, 4) is 11.5 Å². The summed E-state index contributed by atoms with van der Waals surface area (Å²) in [5.41, 5.74) is 5.18. The van der Waals surface area contributed by atoms with Crippen LogP contribution in [0.4, 0.5) is 0 Å². The number of amides is 1. The van der Waals surface area contributed by atoms with Crippen molar-refractivity contribution in [3.05, 3.63) is 41.2 Å². The van der Waals surface area contributed by atoms with Gasteiger partial charge in [-0.3, -0.25) is 9.89 Å². The second-order valence-corrected chi connectivity index (χ2v) is 5.57. The first-order chi connectivity index (χ1) is 11.5. The Morgan fingerprint density at radius 3 is 2.50 bits per heavy atom. The van der Waals surface area contributed by atoms with Crippen molar-refractivity contribution in [3.63, 3.8) is 0 Å². The van der Waals surface area contributed by atoms with Crippen LogP contribution in [0.3, 0.4) is 0 Å². The number of carbonyl (C=O) groups excluding carboxylic acids is 1. The zero-order chi connectivity index (χ0) is 17.7. The number of ether oxygens (including phenoxy) is 2. The lowest BCUT2D eigenvalue weighted by Gasteiger charge is -2.09. The van der Waals surface area contributed by atoms with Gasteiger partial charge >= 0.3 is 0 Å². The van der Waals surface area contributed by atoms with E-state index in [0.717, 1.165) is 11.3 Å². The molecule has 0 aliphatic carbocycles. The minimum absolute atomic E-state index is 0.274. The normalized spacial score (nSPS) is 11.5. The van der Waals surface area contributed by atoms with E-state index in [0.29, 0.717) is 22.9 Å². The molecule has 7 nitrogen and oxygen atoms in total. The molecule has 0 fully saturated rings. The SMILES string of the molecule is COc1ccc(/C(C)=N/NC(=O)c2cc(C(C)C)[nH]n2)cc1OC. The number of hydrazone groups is 1. The predicted octanol–water partition coefficient (Wildman–Crippen LogP) is 2.70. The average Bonchev–Trinajstić information content (AvgIpc) is 3.09. The van der Waals surface area contributed by atoms with Gasteiger partial charge in [-0.1, -0.05) is 13.8 Å². The molecule has 2 rings (SSSR count). The van der Waals surface area contributed by atoms with E-state index in [4.69, 9.17) is 9.47 Å². The number of hydrogen-bond acceptors (Lipinski definition) is 5. The van der Waals surface area contributed by atoms with E-state index in [2.05, 4.69) is 20.7 Å².